The number of hydrogen-bond donors (Lipinski definition) is 1. The number of carbonyl (C=O) groups is 1. The number of rotatable bonds is 5. The zero-order chi connectivity index (χ0) is 12.1. The van der Waals surface area contributed by atoms with Gasteiger partial charge in [-0.05, 0) is 24.9 Å². The van der Waals surface area contributed by atoms with Crippen molar-refractivity contribution in [2.24, 2.45) is 5.73 Å². The molecule has 1 aromatic carbocycles. The molecule has 0 bridgehead atoms. The van der Waals surface area contributed by atoms with Crippen LogP contribution in [-0.2, 0) is 0 Å². The Kier molecular flexibility index (Phi) is 5.12. The molecule has 16 heavy (non-hydrogen) atoms. The monoisotopic (exact) mass is 259 g/mol. The van der Waals surface area contributed by atoms with Gasteiger partial charge >= 0.3 is 0 Å². The van der Waals surface area contributed by atoms with Crippen LogP contribution in [0.15, 0.2) is 17.0 Å². The number of benzene rings is 1. The number of ether oxygens (including phenoxy) is 1. The summed E-state index contributed by atoms with van der Waals surface area (Å²) < 4.78 is 5.17. The van der Waals surface area contributed by atoms with Gasteiger partial charge < -0.3 is 10.5 Å². The second kappa shape index (κ2) is 6.13. The molecule has 0 heterocycles. The van der Waals surface area contributed by atoms with Crippen molar-refractivity contribution in [2.75, 3.05) is 19.9 Å². The molecule has 2 N–H and O–H groups in total. The smallest absolute Gasteiger partial charge is 0.164 e. The van der Waals surface area contributed by atoms with Gasteiger partial charge in [0.05, 0.1) is 17.0 Å². The Morgan fingerprint density at radius 3 is 2.75 bits per heavy atom. The van der Waals surface area contributed by atoms with Crippen molar-refractivity contribution in [2.45, 2.75) is 11.3 Å². The van der Waals surface area contributed by atoms with Gasteiger partial charge in [-0.1, -0.05) is 11.6 Å². The highest BCUT2D eigenvalue weighted by Crippen LogP contribution is 2.36. The van der Waals surface area contributed by atoms with Gasteiger partial charge in [0, 0.05) is 12.0 Å². The second-order valence-electron chi connectivity index (χ2n) is 3.16. The van der Waals surface area contributed by atoms with Crippen LogP contribution in [0.4, 0.5) is 0 Å². The lowest BCUT2D eigenvalue weighted by molar-refractivity contribution is 0.0985. The maximum Gasteiger partial charge on any atom is 0.164 e. The average molecular weight is 260 g/mol. The van der Waals surface area contributed by atoms with E-state index in [1.807, 2.05) is 6.26 Å². The van der Waals surface area contributed by atoms with E-state index in [0.717, 1.165) is 4.90 Å². The fraction of sp³-hybridized carbons (Fsp3) is 0.364. The Morgan fingerprint density at radius 2 is 2.25 bits per heavy atom. The summed E-state index contributed by atoms with van der Waals surface area (Å²) in [5, 5.41) is 0.453. The Morgan fingerprint density at radius 1 is 1.56 bits per heavy atom. The first kappa shape index (κ1) is 13.4. The van der Waals surface area contributed by atoms with E-state index in [-0.39, 0.29) is 5.78 Å². The number of ketones is 1. The summed E-state index contributed by atoms with van der Waals surface area (Å²) in [6.07, 6.45) is 2.24. The number of carbonyl (C=O) groups excluding carboxylic acids is 1. The van der Waals surface area contributed by atoms with Crippen molar-refractivity contribution in [3.8, 4) is 5.75 Å². The number of thioether (sulfide) groups is 1. The third-order valence-electron chi connectivity index (χ3n) is 2.13. The fourth-order valence-electron chi connectivity index (χ4n) is 1.35. The molecule has 0 aromatic heterocycles. The molecular formula is C11H14ClNO2S. The first-order valence-corrected chi connectivity index (χ1v) is 6.39. The Hall–Kier alpha value is -0.710. The standard InChI is InChI=1S/C11H14ClNO2S/c1-15-11-8(12)5-7(6-10(11)16-2)9(14)3-4-13/h5-6H,3-4,13H2,1-2H3. The van der Waals surface area contributed by atoms with Gasteiger partial charge in [-0.3, -0.25) is 4.79 Å². The van der Waals surface area contributed by atoms with E-state index in [1.165, 1.54) is 11.8 Å². The minimum absolute atomic E-state index is 0.00218. The number of Topliss-reactive ketones (excluding diaryl/α,β-unsaturated/α-hetero) is 1. The van der Waals surface area contributed by atoms with Crippen LogP contribution in [0.3, 0.4) is 0 Å². The molecule has 0 spiro atoms. The van der Waals surface area contributed by atoms with Gasteiger partial charge in [-0.15, -0.1) is 11.8 Å². The summed E-state index contributed by atoms with van der Waals surface area (Å²) in [7, 11) is 1.56. The average Bonchev–Trinajstić information content (AvgIpc) is 2.28. The van der Waals surface area contributed by atoms with Gasteiger partial charge in [0.2, 0.25) is 0 Å². The molecule has 0 atom stereocenters. The molecule has 1 rings (SSSR count). The molecule has 0 radical (unpaired) electrons. The number of methoxy groups -OCH3 is 1. The van der Waals surface area contributed by atoms with Crippen LogP contribution < -0.4 is 10.5 Å². The summed E-state index contributed by atoms with van der Waals surface area (Å²) >= 11 is 7.53. The molecule has 0 saturated heterocycles. The molecule has 0 fully saturated rings. The molecule has 0 aliphatic rings. The van der Waals surface area contributed by atoms with E-state index >= 15 is 0 Å². The van der Waals surface area contributed by atoms with E-state index in [0.29, 0.717) is 29.3 Å². The maximum atomic E-state index is 11.7. The first-order valence-electron chi connectivity index (χ1n) is 4.78. The summed E-state index contributed by atoms with van der Waals surface area (Å²) in [4.78, 5) is 12.5. The summed E-state index contributed by atoms with van der Waals surface area (Å²) in [5.41, 5.74) is 5.93. The molecule has 3 nitrogen and oxygen atoms in total. The zero-order valence-electron chi connectivity index (χ0n) is 9.25. The molecular weight excluding hydrogens is 246 g/mol. The van der Waals surface area contributed by atoms with E-state index in [4.69, 9.17) is 22.1 Å². The van der Waals surface area contributed by atoms with Gasteiger partial charge in [-0.25, -0.2) is 0 Å². The topological polar surface area (TPSA) is 52.3 Å². The molecule has 88 valence electrons. The highest BCUT2D eigenvalue weighted by Gasteiger charge is 2.13. The quantitative estimate of drug-likeness (QED) is 0.652. The summed E-state index contributed by atoms with van der Waals surface area (Å²) in [6, 6.07) is 3.41. The third-order valence-corrected chi connectivity index (χ3v) is 3.15. The minimum atomic E-state index is 0.00218. The Labute approximate surface area is 104 Å². The van der Waals surface area contributed by atoms with Gasteiger partial charge in [-0.2, -0.15) is 0 Å². The molecule has 1 aromatic rings. The lowest BCUT2D eigenvalue weighted by Gasteiger charge is -2.10. The molecule has 0 aliphatic heterocycles. The number of halogens is 1. The lowest BCUT2D eigenvalue weighted by Crippen LogP contribution is -2.08. The molecule has 0 aliphatic carbocycles. The summed E-state index contributed by atoms with van der Waals surface area (Å²) in [6.45, 7) is 0.344. The van der Waals surface area contributed by atoms with Crippen molar-refractivity contribution in [3.63, 3.8) is 0 Å². The van der Waals surface area contributed by atoms with E-state index in [1.54, 1.807) is 19.2 Å². The SMILES string of the molecule is COc1c(Cl)cc(C(=O)CCN)cc1SC. The lowest BCUT2D eigenvalue weighted by atomic mass is 10.1. The number of nitrogens with two attached hydrogens (primary N) is 1. The highest BCUT2D eigenvalue weighted by molar-refractivity contribution is 7.98. The Balaban J connectivity index is 3.15. The van der Waals surface area contributed by atoms with Crippen molar-refractivity contribution in [1.29, 1.82) is 0 Å². The van der Waals surface area contributed by atoms with Crippen molar-refractivity contribution >= 4 is 29.1 Å². The molecule has 0 unspecified atom stereocenters. The van der Waals surface area contributed by atoms with E-state index < -0.39 is 0 Å². The van der Waals surface area contributed by atoms with Crippen molar-refractivity contribution in [3.05, 3.63) is 22.7 Å². The third kappa shape index (κ3) is 2.90. The second-order valence-corrected chi connectivity index (χ2v) is 4.41. The Bertz CT molecular complexity index is 396. The van der Waals surface area contributed by atoms with E-state index in [9.17, 15) is 4.79 Å². The van der Waals surface area contributed by atoms with Gasteiger partial charge in [0.15, 0.2) is 11.5 Å². The maximum absolute atomic E-state index is 11.7. The van der Waals surface area contributed by atoms with Crippen molar-refractivity contribution < 1.29 is 9.53 Å². The van der Waals surface area contributed by atoms with Crippen LogP contribution in [0.1, 0.15) is 16.8 Å². The van der Waals surface area contributed by atoms with E-state index in [2.05, 4.69) is 0 Å². The predicted octanol–water partition coefficient (Wildman–Crippen LogP) is 2.60. The van der Waals surface area contributed by atoms with Crippen LogP contribution in [0.5, 0.6) is 5.75 Å². The first-order chi connectivity index (χ1) is 7.63. The zero-order valence-corrected chi connectivity index (χ0v) is 10.8. The molecule has 5 heteroatoms. The molecule has 0 saturated carbocycles. The normalized spacial score (nSPS) is 10.2. The predicted molar refractivity (Wildman–Crippen MR) is 67.8 cm³/mol. The largest absolute Gasteiger partial charge is 0.494 e. The van der Waals surface area contributed by atoms with Crippen LogP contribution in [0, 0.1) is 0 Å². The minimum Gasteiger partial charge on any atom is -0.494 e. The fourth-order valence-corrected chi connectivity index (χ4v) is 2.33. The highest BCUT2D eigenvalue weighted by atomic mass is 35.5. The van der Waals surface area contributed by atoms with Crippen LogP contribution in [0.25, 0.3) is 0 Å². The molecule has 0 amide bonds. The summed E-state index contributed by atoms with van der Waals surface area (Å²) in [5.74, 6) is 0.612. The van der Waals surface area contributed by atoms with Crippen LogP contribution >= 0.6 is 23.4 Å². The van der Waals surface area contributed by atoms with Gasteiger partial charge in [0.1, 0.15) is 0 Å². The number of hydrogen-bond acceptors (Lipinski definition) is 4. The van der Waals surface area contributed by atoms with Gasteiger partial charge in [0.25, 0.3) is 0 Å². The van der Waals surface area contributed by atoms with Crippen LogP contribution in [-0.4, -0.2) is 25.7 Å². The van der Waals surface area contributed by atoms with Crippen molar-refractivity contribution in [1.82, 2.24) is 0 Å². The van der Waals surface area contributed by atoms with Crippen LogP contribution in [0.2, 0.25) is 5.02 Å².